The zero-order chi connectivity index (χ0) is 9.56. The average molecular weight is 174 g/mol. The van der Waals surface area contributed by atoms with E-state index in [1.54, 1.807) is 0 Å². The van der Waals surface area contributed by atoms with Gasteiger partial charge in [0.25, 0.3) is 0 Å². The first kappa shape index (κ1) is 10.3. The van der Waals surface area contributed by atoms with Crippen molar-refractivity contribution in [3.05, 3.63) is 0 Å². The molecule has 0 aliphatic rings. The summed E-state index contributed by atoms with van der Waals surface area (Å²) in [5.41, 5.74) is 9.37. The second-order valence-electron chi connectivity index (χ2n) is 1.90. The molecule has 0 spiro atoms. The maximum absolute atomic E-state index is 10.4. The Kier molecular flexibility index (Phi) is 4.28. The number of nitrogens with one attached hydrogen (secondary N) is 1. The predicted octanol–water partition coefficient (Wildman–Crippen LogP) is -3.80. The summed E-state index contributed by atoms with van der Waals surface area (Å²) in [6.07, 6.45) is 0.613. The molecule has 0 heterocycles. The topological polar surface area (TPSA) is 132 Å². The van der Waals surface area contributed by atoms with Crippen LogP contribution in [0, 0.1) is 5.53 Å². The van der Waals surface area contributed by atoms with Crippen LogP contribution < -0.4 is 10.8 Å². The Morgan fingerprint density at radius 1 is 1.75 bits per heavy atom. The minimum Gasteiger partial charge on any atom is -0.544 e. The number of hydrogen-bond donors (Lipinski definition) is 2. The molecule has 0 aliphatic carbocycles. The van der Waals surface area contributed by atoms with Crippen LogP contribution in [0.1, 0.15) is 0 Å². The van der Waals surface area contributed by atoms with Crippen LogP contribution in [0.5, 0.6) is 0 Å². The van der Waals surface area contributed by atoms with Crippen molar-refractivity contribution >= 4 is 18.2 Å². The third-order valence-corrected chi connectivity index (χ3v) is 0.930. The zero-order valence-electron chi connectivity index (χ0n) is 6.15. The summed E-state index contributed by atoms with van der Waals surface area (Å²) in [6.45, 7) is -0.382. The van der Waals surface area contributed by atoms with Gasteiger partial charge in [-0.2, -0.15) is 0 Å². The van der Waals surface area contributed by atoms with E-state index in [0.29, 0.717) is 6.21 Å². The van der Waals surface area contributed by atoms with Gasteiger partial charge in [-0.3, -0.25) is 0 Å². The summed E-state index contributed by atoms with van der Waals surface area (Å²) in [5, 5.41) is 10.0. The molecule has 0 rings (SSSR count). The minimum atomic E-state index is -1.40. The summed E-state index contributed by atoms with van der Waals surface area (Å²) in [4.78, 5) is 23.1. The molecule has 0 aliphatic heterocycles. The van der Waals surface area contributed by atoms with E-state index >= 15 is 0 Å². The SMILES string of the molecule is N=[N+]=CC(=O)OC[C@H]([NH3+])C(=O)[O-]. The largest absolute Gasteiger partial charge is 0.544 e. The van der Waals surface area contributed by atoms with Gasteiger partial charge in [-0.25, -0.2) is 4.79 Å². The second-order valence-corrected chi connectivity index (χ2v) is 1.90. The number of hydrogen-bond acceptors (Lipinski definition) is 5. The van der Waals surface area contributed by atoms with Crippen LogP contribution >= 0.6 is 0 Å². The Morgan fingerprint density at radius 2 is 2.33 bits per heavy atom. The monoisotopic (exact) mass is 174 g/mol. The zero-order valence-corrected chi connectivity index (χ0v) is 6.15. The summed E-state index contributed by atoms with van der Waals surface area (Å²) >= 11 is 0. The molecular formula is C5H8N3O4+. The Labute approximate surface area is 67.4 Å². The molecule has 4 N–H and O–H groups in total. The Balaban J connectivity index is 3.75. The van der Waals surface area contributed by atoms with Crippen molar-refractivity contribution in [1.29, 1.82) is 5.53 Å². The molecule has 1 atom stereocenters. The van der Waals surface area contributed by atoms with Crippen LogP contribution in [0.2, 0.25) is 0 Å². The highest BCUT2D eigenvalue weighted by Gasteiger charge is 2.12. The number of carboxylic acids is 1. The van der Waals surface area contributed by atoms with Gasteiger partial charge in [0.15, 0.2) is 6.04 Å². The van der Waals surface area contributed by atoms with Crippen molar-refractivity contribution in [3.63, 3.8) is 0 Å². The van der Waals surface area contributed by atoms with E-state index in [-0.39, 0.29) is 6.61 Å². The number of carbonyl (C=O) groups excluding carboxylic acids is 2. The van der Waals surface area contributed by atoms with Crippen LogP contribution in [-0.4, -0.2) is 35.6 Å². The molecule has 7 heteroatoms. The van der Waals surface area contributed by atoms with Crippen LogP contribution in [0.15, 0.2) is 0 Å². The van der Waals surface area contributed by atoms with Crippen LogP contribution in [0.4, 0.5) is 0 Å². The molecule has 0 saturated heterocycles. The first-order valence-corrected chi connectivity index (χ1v) is 2.98. The van der Waals surface area contributed by atoms with Gasteiger partial charge in [0, 0.05) is 0 Å². The van der Waals surface area contributed by atoms with Gasteiger partial charge in [-0.1, -0.05) is 0 Å². The van der Waals surface area contributed by atoms with Gasteiger partial charge in [0.2, 0.25) is 0 Å². The lowest BCUT2D eigenvalue weighted by Gasteiger charge is -2.06. The van der Waals surface area contributed by atoms with Gasteiger partial charge in [0.05, 0.1) is 10.3 Å². The predicted molar refractivity (Wildman–Crippen MR) is 31.7 cm³/mol. The molecule has 0 aromatic carbocycles. The molecule has 7 nitrogen and oxygen atoms in total. The number of carbonyl (C=O) groups is 2. The lowest BCUT2D eigenvalue weighted by atomic mass is 10.3. The number of ether oxygens (including phenoxy) is 1. The minimum absolute atomic E-state index is 0.382. The smallest absolute Gasteiger partial charge is 0.418 e. The first-order valence-electron chi connectivity index (χ1n) is 2.98. The molecule has 0 amide bonds. The van der Waals surface area contributed by atoms with Gasteiger partial charge < -0.3 is 20.4 Å². The number of esters is 1. The normalized spacial score (nSPS) is 11.1. The summed E-state index contributed by atoms with van der Waals surface area (Å²) in [5.74, 6) is -2.27. The van der Waals surface area contributed by atoms with E-state index in [1.807, 2.05) is 0 Å². The lowest BCUT2D eigenvalue weighted by molar-refractivity contribution is -0.441. The Morgan fingerprint density at radius 3 is 2.75 bits per heavy atom. The van der Waals surface area contributed by atoms with Crippen molar-refractivity contribution in [3.8, 4) is 0 Å². The Bertz CT molecular complexity index is 233. The molecule has 0 saturated carbocycles. The van der Waals surface area contributed by atoms with Crippen LogP contribution in [-0.2, 0) is 14.3 Å². The maximum Gasteiger partial charge on any atom is 0.418 e. The molecule has 66 valence electrons. The third-order valence-electron chi connectivity index (χ3n) is 0.930. The highest BCUT2D eigenvalue weighted by molar-refractivity contribution is 6.20. The fourth-order valence-corrected chi connectivity index (χ4v) is 0.341. The van der Waals surface area contributed by atoms with E-state index < -0.39 is 18.0 Å². The molecule has 0 fully saturated rings. The maximum atomic E-state index is 10.4. The third kappa shape index (κ3) is 4.15. The molecule has 0 aromatic rings. The van der Waals surface area contributed by atoms with Crippen LogP contribution in [0.3, 0.4) is 0 Å². The van der Waals surface area contributed by atoms with Gasteiger partial charge >= 0.3 is 12.2 Å². The number of carboxylic acid groups (broad SMARTS) is 1. The molecule has 0 unspecified atom stereocenters. The van der Waals surface area contributed by atoms with E-state index in [4.69, 9.17) is 5.53 Å². The van der Waals surface area contributed by atoms with Crippen molar-refractivity contribution in [2.45, 2.75) is 6.04 Å². The van der Waals surface area contributed by atoms with Gasteiger partial charge in [-0.05, 0) is 0 Å². The number of rotatable bonds is 4. The first-order chi connectivity index (χ1) is 5.57. The van der Waals surface area contributed by atoms with E-state index in [0.717, 1.165) is 0 Å². The number of quaternary nitrogens is 1. The van der Waals surface area contributed by atoms with Crippen molar-refractivity contribution in [1.82, 2.24) is 0 Å². The number of aliphatic carboxylic acids is 1. The number of nitrogens with zero attached hydrogens (tertiary/aromatic N) is 1. The van der Waals surface area contributed by atoms with E-state index in [1.165, 1.54) is 0 Å². The standard InChI is InChI=1S/C5H7N3O4/c6-3(5(10)11)2-12-4(9)1-8-7/h1,3,7H,2,6H2/p+1/t3-/m0/s1. The van der Waals surface area contributed by atoms with E-state index in [2.05, 4.69) is 15.3 Å². The lowest BCUT2D eigenvalue weighted by Crippen LogP contribution is -2.70. The highest BCUT2D eigenvalue weighted by Crippen LogP contribution is 1.77. The van der Waals surface area contributed by atoms with Crippen LogP contribution in [0.25, 0.3) is 0 Å². The Hall–Kier alpha value is -1.72. The fraction of sp³-hybridized carbons (Fsp3) is 0.400. The van der Waals surface area contributed by atoms with Crippen molar-refractivity contribution in [2.75, 3.05) is 6.61 Å². The molecule has 0 radical (unpaired) electrons. The molecule has 0 aromatic heterocycles. The van der Waals surface area contributed by atoms with Gasteiger partial charge in [0.1, 0.15) is 12.6 Å². The second kappa shape index (κ2) is 5.00. The summed E-state index contributed by atoms with van der Waals surface area (Å²) in [6, 6.07) is -1.10. The fourth-order valence-electron chi connectivity index (χ4n) is 0.341. The summed E-state index contributed by atoms with van der Waals surface area (Å²) in [7, 11) is 0. The quantitative estimate of drug-likeness (QED) is 0.196. The molecular weight excluding hydrogens is 166 g/mol. The average Bonchev–Trinajstić information content (AvgIpc) is 2.00. The van der Waals surface area contributed by atoms with Gasteiger partial charge in [-0.15, -0.1) is 0 Å². The van der Waals surface area contributed by atoms with E-state index in [9.17, 15) is 14.7 Å². The molecule has 12 heavy (non-hydrogen) atoms. The summed E-state index contributed by atoms with van der Waals surface area (Å²) < 4.78 is 4.31. The highest BCUT2D eigenvalue weighted by atomic mass is 16.5. The van der Waals surface area contributed by atoms with Crippen molar-refractivity contribution < 1.29 is 30.0 Å². The van der Waals surface area contributed by atoms with Crippen molar-refractivity contribution in [2.24, 2.45) is 0 Å². The molecule has 0 bridgehead atoms.